The van der Waals surface area contributed by atoms with Crippen LogP contribution in [-0.2, 0) is 11.2 Å². The van der Waals surface area contributed by atoms with Gasteiger partial charge in [0.25, 0.3) is 0 Å². The SMILES string of the molecule is CCN(CCc1ccccc1)C(=O)C1CCCCCC1N. The fourth-order valence-corrected chi connectivity index (χ4v) is 3.21. The van der Waals surface area contributed by atoms with E-state index in [1.165, 1.54) is 18.4 Å². The van der Waals surface area contributed by atoms with Gasteiger partial charge in [-0.05, 0) is 31.7 Å². The zero-order valence-corrected chi connectivity index (χ0v) is 13.1. The molecule has 0 aliphatic heterocycles. The normalized spacial score (nSPS) is 22.6. The molecule has 1 saturated carbocycles. The van der Waals surface area contributed by atoms with Crippen LogP contribution in [0.5, 0.6) is 0 Å². The summed E-state index contributed by atoms with van der Waals surface area (Å²) in [6.45, 7) is 3.63. The maximum atomic E-state index is 12.8. The molecule has 2 rings (SSSR count). The Hall–Kier alpha value is -1.35. The van der Waals surface area contributed by atoms with Crippen molar-refractivity contribution in [2.24, 2.45) is 11.7 Å². The van der Waals surface area contributed by atoms with E-state index >= 15 is 0 Å². The van der Waals surface area contributed by atoms with Gasteiger partial charge >= 0.3 is 0 Å². The van der Waals surface area contributed by atoms with E-state index in [9.17, 15) is 4.79 Å². The highest BCUT2D eigenvalue weighted by atomic mass is 16.2. The Labute approximate surface area is 128 Å². The van der Waals surface area contributed by atoms with Crippen LogP contribution in [0.4, 0.5) is 0 Å². The van der Waals surface area contributed by atoms with Crippen LogP contribution < -0.4 is 5.73 Å². The van der Waals surface area contributed by atoms with Crippen LogP contribution in [0.25, 0.3) is 0 Å². The lowest BCUT2D eigenvalue weighted by Gasteiger charge is -2.28. The molecule has 0 bridgehead atoms. The molecule has 1 aromatic rings. The average molecular weight is 288 g/mol. The molecular weight excluding hydrogens is 260 g/mol. The minimum Gasteiger partial charge on any atom is -0.342 e. The van der Waals surface area contributed by atoms with Gasteiger partial charge < -0.3 is 10.6 Å². The zero-order chi connectivity index (χ0) is 15.1. The molecule has 3 nitrogen and oxygen atoms in total. The third kappa shape index (κ3) is 4.57. The highest BCUT2D eigenvalue weighted by Crippen LogP contribution is 2.24. The van der Waals surface area contributed by atoms with Crippen LogP contribution in [0.1, 0.15) is 44.6 Å². The molecule has 0 aromatic heterocycles. The van der Waals surface area contributed by atoms with Crippen molar-refractivity contribution in [1.29, 1.82) is 0 Å². The number of nitrogens with two attached hydrogens (primary N) is 1. The van der Waals surface area contributed by atoms with E-state index in [0.29, 0.717) is 0 Å². The predicted octanol–water partition coefficient (Wildman–Crippen LogP) is 2.99. The number of carbonyl (C=O) groups excluding carboxylic acids is 1. The van der Waals surface area contributed by atoms with Crippen molar-refractivity contribution in [3.63, 3.8) is 0 Å². The highest BCUT2D eigenvalue weighted by Gasteiger charge is 2.29. The fourth-order valence-electron chi connectivity index (χ4n) is 3.21. The number of benzene rings is 1. The summed E-state index contributed by atoms with van der Waals surface area (Å²) in [5, 5.41) is 0. The first-order valence-electron chi connectivity index (χ1n) is 8.30. The van der Waals surface area contributed by atoms with Gasteiger partial charge in [-0.25, -0.2) is 0 Å². The lowest BCUT2D eigenvalue weighted by atomic mass is 9.94. The summed E-state index contributed by atoms with van der Waals surface area (Å²) in [4.78, 5) is 14.7. The molecule has 0 heterocycles. The van der Waals surface area contributed by atoms with E-state index in [1.54, 1.807) is 0 Å². The third-order valence-electron chi connectivity index (χ3n) is 4.59. The summed E-state index contributed by atoms with van der Waals surface area (Å²) in [5.41, 5.74) is 7.52. The number of hydrogen-bond acceptors (Lipinski definition) is 2. The molecular formula is C18H28N2O. The Bertz CT molecular complexity index is 432. The second-order valence-corrected chi connectivity index (χ2v) is 6.06. The Morgan fingerprint density at radius 2 is 1.90 bits per heavy atom. The second-order valence-electron chi connectivity index (χ2n) is 6.06. The van der Waals surface area contributed by atoms with Gasteiger partial charge in [0, 0.05) is 19.1 Å². The van der Waals surface area contributed by atoms with Crippen molar-refractivity contribution in [3.8, 4) is 0 Å². The number of likely N-dealkylation sites (N-methyl/N-ethyl adjacent to an activating group) is 1. The fraction of sp³-hybridized carbons (Fsp3) is 0.611. The Morgan fingerprint density at radius 3 is 2.62 bits per heavy atom. The van der Waals surface area contributed by atoms with E-state index in [-0.39, 0.29) is 17.9 Å². The van der Waals surface area contributed by atoms with E-state index in [4.69, 9.17) is 5.73 Å². The average Bonchev–Trinajstić information content (AvgIpc) is 2.73. The number of rotatable bonds is 5. The standard InChI is InChI=1S/C18H28N2O/c1-2-20(14-13-15-9-5-3-6-10-15)18(21)16-11-7-4-8-12-17(16)19/h3,5-6,9-10,16-17H,2,4,7-8,11-14,19H2,1H3. The molecule has 2 atom stereocenters. The summed E-state index contributed by atoms with van der Waals surface area (Å²) in [7, 11) is 0. The van der Waals surface area contributed by atoms with Gasteiger partial charge in [-0.2, -0.15) is 0 Å². The van der Waals surface area contributed by atoms with E-state index in [2.05, 4.69) is 31.2 Å². The van der Waals surface area contributed by atoms with Crippen LogP contribution in [0.3, 0.4) is 0 Å². The van der Waals surface area contributed by atoms with E-state index in [0.717, 1.165) is 38.8 Å². The molecule has 1 fully saturated rings. The minimum absolute atomic E-state index is 0.0308. The summed E-state index contributed by atoms with van der Waals surface area (Å²) in [6, 6.07) is 10.4. The number of nitrogens with zero attached hydrogens (tertiary/aromatic N) is 1. The highest BCUT2D eigenvalue weighted by molar-refractivity contribution is 5.79. The lowest BCUT2D eigenvalue weighted by Crippen LogP contribution is -2.44. The monoisotopic (exact) mass is 288 g/mol. The van der Waals surface area contributed by atoms with Crippen molar-refractivity contribution in [1.82, 2.24) is 4.90 Å². The minimum atomic E-state index is 0.0308. The van der Waals surface area contributed by atoms with E-state index < -0.39 is 0 Å². The van der Waals surface area contributed by atoms with Crippen molar-refractivity contribution in [2.75, 3.05) is 13.1 Å². The van der Waals surface area contributed by atoms with Crippen molar-refractivity contribution in [2.45, 2.75) is 51.5 Å². The quantitative estimate of drug-likeness (QED) is 0.847. The molecule has 0 saturated heterocycles. The van der Waals surface area contributed by atoms with Gasteiger partial charge in [-0.1, -0.05) is 49.6 Å². The largest absolute Gasteiger partial charge is 0.342 e. The smallest absolute Gasteiger partial charge is 0.227 e. The first-order valence-corrected chi connectivity index (χ1v) is 8.30. The van der Waals surface area contributed by atoms with Crippen LogP contribution in [0.2, 0.25) is 0 Å². The Balaban J connectivity index is 1.94. The lowest BCUT2D eigenvalue weighted by molar-refractivity contribution is -0.136. The molecule has 1 aliphatic carbocycles. The van der Waals surface area contributed by atoms with Gasteiger partial charge in [0.05, 0.1) is 5.92 Å². The van der Waals surface area contributed by atoms with Crippen molar-refractivity contribution < 1.29 is 4.79 Å². The molecule has 21 heavy (non-hydrogen) atoms. The van der Waals surface area contributed by atoms with Crippen LogP contribution in [0, 0.1) is 5.92 Å². The molecule has 0 spiro atoms. The maximum Gasteiger partial charge on any atom is 0.227 e. The molecule has 3 heteroatoms. The summed E-state index contributed by atoms with van der Waals surface area (Å²) < 4.78 is 0. The molecule has 116 valence electrons. The molecule has 1 amide bonds. The Morgan fingerprint density at radius 1 is 1.19 bits per heavy atom. The summed E-state index contributed by atoms with van der Waals surface area (Å²) in [5.74, 6) is 0.297. The van der Waals surface area contributed by atoms with Gasteiger partial charge in [0.15, 0.2) is 0 Å². The van der Waals surface area contributed by atoms with Gasteiger partial charge in [0.1, 0.15) is 0 Å². The molecule has 1 aliphatic rings. The van der Waals surface area contributed by atoms with Gasteiger partial charge in [-0.3, -0.25) is 4.79 Å². The predicted molar refractivity (Wildman–Crippen MR) is 87.0 cm³/mol. The van der Waals surface area contributed by atoms with E-state index in [1.807, 2.05) is 11.0 Å². The number of hydrogen-bond donors (Lipinski definition) is 1. The Kier molecular flexibility index (Phi) is 6.24. The maximum absolute atomic E-state index is 12.8. The third-order valence-corrected chi connectivity index (χ3v) is 4.59. The zero-order valence-electron chi connectivity index (χ0n) is 13.1. The summed E-state index contributed by atoms with van der Waals surface area (Å²) in [6.07, 6.45) is 6.39. The van der Waals surface area contributed by atoms with Crippen LogP contribution in [-0.4, -0.2) is 29.9 Å². The van der Waals surface area contributed by atoms with Gasteiger partial charge in [-0.15, -0.1) is 0 Å². The molecule has 2 N–H and O–H groups in total. The van der Waals surface area contributed by atoms with Crippen molar-refractivity contribution >= 4 is 5.91 Å². The summed E-state index contributed by atoms with van der Waals surface area (Å²) >= 11 is 0. The molecule has 1 aromatic carbocycles. The van der Waals surface area contributed by atoms with Gasteiger partial charge in [0.2, 0.25) is 5.91 Å². The van der Waals surface area contributed by atoms with Crippen LogP contribution >= 0.6 is 0 Å². The number of amides is 1. The molecule has 2 unspecified atom stereocenters. The topological polar surface area (TPSA) is 46.3 Å². The van der Waals surface area contributed by atoms with Crippen molar-refractivity contribution in [3.05, 3.63) is 35.9 Å². The van der Waals surface area contributed by atoms with Crippen LogP contribution in [0.15, 0.2) is 30.3 Å². The first kappa shape index (κ1) is 16.0. The number of carbonyl (C=O) groups is 1. The second kappa shape index (κ2) is 8.18. The first-order chi connectivity index (χ1) is 10.2. The molecule has 0 radical (unpaired) electrons.